The lowest BCUT2D eigenvalue weighted by Gasteiger charge is -2.35. The Hall–Kier alpha value is -1.89. The maximum atomic E-state index is 13.0. The zero-order chi connectivity index (χ0) is 18.7. The van der Waals surface area contributed by atoms with E-state index in [-0.39, 0.29) is 23.0 Å². The van der Waals surface area contributed by atoms with Crippen molar-refractivity contribution >= 4 is 17.7 Å². The summed E-state index contributed by atoms with van der Waals surface area (Å²) in [5.74, 6) is 1.10. The lowest BCUT2D eigenvalue weighted by Crippen LogP contribution is -2.46. The Labute approximate surface area is 157 Å². The zero-order valence-corrected chi connectivity index (χ0v) is 16.1. The van der Waals surface area contributed by atoms with E-state index in [0.29, 0.717) is 28.5 Å². The number of nitrogens with zero attached hydrogens (tertiary/aromatic N) is 2. The van der Waals surface area contributed by atoms with E-state index in [9.17, 15) is 9.18 Å². The summed E-state index contributed by atoms with van der Waals surface area (Å²) in [6, 6.07) is 6.08. The highest BCUT2D eigenvalue weighted by Gasteiger charge is 2.29. The third kappa shape index (κ3) is 4.44. The number of benzene rings is 1. The maximum absolute atomic E-state index is 13.0. The SMILES string of the molecule is C[C@H]1[C@H](C)CCC[C@@H]1NC(=O)[C@H](C)Sc1nnc(-c2ccc(F)cc2)o1. The molecule has 1 amide bonds. The van der Waals surface area contributed by atoms with Gasteiger partial charge in [0.1, 0.15) is 5.82 Å². The molecule has 0 radical (unpaired) electrons. The van der Waals surface area contributed by atoms with Crippen LogP contribution in [0.1, 0.15) is 40.0 Å². The highest BCUT2D eigenvalue weighted by molar-refractivity contribution is 8.00. The molecule has 0 spiro atoms. The number of amides is 1. The molecule has 0 unspecified atom stereocenters. The summed E-state index contributed by atoms with van der Waals surface area (Å²) in [5.41, 5.74) is 0.646. The Balaban J connectivity index is 1.58. The standard InChI is InChI=1S/C19H24FN3O2S/c1-11-5-4-6-16(12(11)2)21-17(24)13(3)26-19-23-22-18(25-19)14-7-9-15(20)10-8-14/h7-13,16H,4-6H2,1-3H3,(H,21,24)/t11-,12+,13+,16+/m1/s1. The van der Waals surface area contributed by atoms with Gasteiger partial charge in [-0.2, -0.15) is 0 Å². The minimum Gasteiger partial charge on any atom is -0.411 e. The molecule has 0 bridgehead atoms. The molecule has 1 fully saturated rings. The van der Waals surface area contributed by atoms with Gasteiger partial charge in [0.15, 0.2) is 0 Å². The second-order valence-corrected chi connectivity index (χ2v) is 8.31. The molecule has 26 heavy (non-hydrogen) atoms. The molecule has 1 saturated carbocycles. The molecule has 0 saturated heterocycles. The first-order valence-corrected chi connectivity index (χ1v) is 9.88. The minimum absolute atomic E-state index is 0.0116. The van der Waals surface area contributed by atoms with E-state index in [2.05, 4.69) is 29.4 Å². The van der Waals surface area contributed by atoms with Crippen LogP contribution in [0, 0.1) is 17.7 Å². The Morgan fingerprint density at radius 3 is 2.73 bits per heavy atom. The van der Waals surface area contributed by atoms with Crippen LogP contribution in [0.2, 0.25) is 0 Å². The van der Waals surface area contributed by atoms with Crippen LogP contribution in [0.5, 0.6) is 0 Å². The van der Waals surface area contributed by atoms with Crippen LogP contribution in [0.3, 0.4) is 0 Å². The third-order valence-electron chi connectivity index (χ3n) is 5.18. The number of hydrogen-bond donors (Lipinski definition) is 1. The monoisotopic (exact) mass is 377 g/mol. The van der Waals surface area contributed by atoms with Crippen LogP contribution in [0.25, 0.3) is 11.5 Å². The van der Waals surface area contributed by atoms with Crippen LogP contribution in [0.15, 0.2) is 33.9 Å². The van der Waals surface area contributed by atoms with Crippen molar-refractivity contribution in [3.63, 3.8) is 0 Å². The molecular formula is C19H24FN3O2S. The smallest absolute Gasteiger partial charge is 0.277 e. The molecule has 1 heterocycles. The first kappa shape index (κ1) is 18.9. The first-order chi connectivity index (χ1) is 12.4. The molecule has 3 rings (SSSR count). The Morgan fingerprint density at radius 2 is 2.00 bits per heavy atom. The summed E-state index contributed by atoms with van der Waals surface area (Å²) in [7, 11) is 0. The van der Waals surface area contributed by atoms with Gasteiger partial charge in [-0.15, -0.1) is 10.2 Å². The van der Waals surface area contributed by atoms with Gasteiger partial charge in [0.05, 0.1) is 5.25 Å². The first-order valence-electron chi connectivity index (χ1n) is 9.00. The predicted octanol–water partition coefficient (Wildman–Crippen LogP) is 4.30. The molecule has 4 atom stereocenters. The lowest BCUT2D eigenvalue weighted by atomic mass is 9.78. The number of hydrogen-bond acceptors (Lipinski definition) is 5. The minimum atomic E-state index is -0.332. The number of nitrogens with one attached hydrogen (secondary N) is 1. The van der Waals surface area contributed by atoms with Crippen molar-refractivity contribution in [2.75, 3.05) is 0 Å². The van der Waals surface area contributed by atoms with Crippen molar-refractivity contribution in [2.45, 2.75) is 56.5 Å². The lowest BCUT2D eigenvalue weighted by molar-refractivity contribution is -0.121. The molecule has 1 aromatic carbocycles. The van der Waals surface area contributed by atoms with Crippen LogP contribution in [-0.4, -0.2) is 27.4 Å². The van der Waals surface area contributed by atoms with Gasteiger partial charge >= 0.3 is 0 Å². The summed E-state index contributed by atoms with van der Waals surface area (Å²) in [6.07, 6.45) is 3.42. The second kappa shape index (κ2) is 8.20. The van der Waals surface area contributed by atoms with Gasteiger partial charge in [0.25, 0.3) is 5.22 Å². The summed E-state index contributed by atoms with van der Waals surface area (Å²) in [5, 5.41) is 11.1. The topological polar surface area (TPSA) is 68.0 Å². The Morgan fingerprint density at radius 1 is 1.27 bits per heavy atom. The molecule has 7 heteroatoms. The summed E-state index contributed by atoms with van der Waals surface area (Å²) in [6.45, 7) is 6.29. The normalized spacial score (nSPS) is 24.2. The Kier molecular flexibility index (Phi) is 5.96. The average Bonchev–Trinajstić information content (AvgIpc) is 3.08. The average molecular weight is 377 g/mol. The van der Waals surface area contributed by atoms with Crippen molar-refractivity contribution in [3.05, 3.63) is 30.1 Å². The van der Waals surface area contributed by atoms with E-state index in [1.54, 1.807) is 12.1 Å². The predicted molar refractivity (Wildman–Crippen MR) is 99.1 cm³/mol. The summed E-state index contributed by atoms with van der Waals surface area (Å²) >= 11 is 1.23. The molecule has 1 N–H and O–H groups in total. The number of thioether (sulfide) groups is 1. The Bertz CT molecular complexity index is 749. The fourth-order valence-electron chi connectivity index (χ4n) is 3.26. The molecule has 2 aromatic rings. The van der Waals surface area contributed by atoms with Gasteiger partial charge in [-0.25, -0.2) is 4.39 Å². The quantitative estimate of drug-likeness (QED) is 0.787. The van der Waals surface area contributed by atoms with E-state index < -0.39 is 0 Å². The molecule has 5 nitrogen and oxygen atoms in total. The van der Waals surface area contributed by atoms with E-state index in [1.807, 2.05) is 6.92 Å². The second-order valence-electron chi connectivity index (χ2n) is 7.02. The van der Waals surface area contributed by atoms with Crippen molar-refractivity contribution in [3.8, 4) is 11.5 Å². The van der Waals surface area contributed by atoms with E-state index in [0.717, 1.165) is 12.8 Å². The van der Waals surface area contributed by atoms with Gasteiger partial charge in [0.2, 0.25) is 11.8 Å². The van der Waals surface area contributed by atoms with Crippen LogP contribution in [0.4, 0.5) is 4.39 Å². The van der Waals surface area contributed by atoms with Crippen molar-refractivity contribution < 1.29 is 13.6 Å². The molecule has 0 aliphatic heterocycles. The molecule has 1 aliphatic rings. The largest absolute Gasteiger partial charge is 0.411 e. The number of aromatic nitrogens is 2. The zero-order valence-electron chi connectivity index (χ0n) is 15.2. The third-order valence-corrected chi connectivity index (χ3v) is 6.11. The van der Waals surface area contributed by atoms with Gasteiger partial charge in [-0.3, -0.25) is 4.79 Å². The number of carbonyl (C=O) groups is 1. The van der Waals surface area contributed by atoms with Crippen LogP contribution < -0.4 is 5.32 Å². The van der Waals surface area contributed by atoms with Crippen LogP contribution >= 0.6 is 11.8 Å². The highest BCUT2D eigenvalue weighted by Crippen LogP contribution is 2.30. The van der Waals surface area contributed by atoms with Gasteiger partial charge in [-0.1, -0.05) is 38.5 Å². The van der Waals surface area contributed by atoms with Gasteiger partial charge in [0, 0.05) is 11.6 Å². The van der Waals surface area contributed by atoms with E-state index in [4.69, 9.17) is 4.42 Å². The highest BCUT2D eigenvalue weighted by atomic mass is 32.2. The fourth-order valence-corrected chi connectivity index (χ4v) is 3.95. The summed E-state index contributed by atoms with van der Waals surface area (Å²) in [4.78, 5) is 12.5. The molecule has 1 aliphatic carbocycles. The van der Waals surface area contributed by atoms with Crippen molar-refractivity contribution in [1.82, 2.24) is 15.5 Å². The van der Waals surface area contributed by atoms with Crippen molar-refractivity contribution in [2.24, 2.45) is 11.8 Å². The maximum Gasteiger partial charge on any atom is 0.277 e. The molecule has 1 aromatic heterocycles. The van der Waals surface area contributed by atoms with Gasteiger partial charge in [-0.05, 0) is 49.4 Å². The van der Waals surface area contributed by atoms with Gasteiger partial charge < -0.3 is 9.73 Å². The number of carbonyl (C=O) groups excluding carboxylic acids is 1. The molecule has 140 valence electrons. The molecular weight excluding hydrogens is 353 g/mol. The van der Waals surface area contributed by atoms with Crippen molar-refractivity contribution in [1.29, 1.82) is 0 Å². The van der Waals surface area contributed by atoms with Crippen LogP contribution in [-0.2, 0) is 4.79 Å². The van der Waals surface area contributed by atoms with E-state index >= 15 is 0 Å². The van der Waals surface area contributed by atoms with E-state index in [1.165, 1.54) is 30.3 Å². The number of rotatable bonds is 5. The fraction of sp³-hybridized carbons (Fsp3) is 0.526. The summed E-state index contributed by atoms with van der Waals surface area (Å²) < 4.78 is 18.6. The number of halogens is 1.